The third-order valence-corrected chi connectivity index (χ3v) is 13.6. The van der Waals surface area contributed by atoms with Crippen LogP contribution in [0.4, 0.5) is 0 Å². The van der Waals surface area contributed by atoms with E-state index in [2.05, 4.69) is 26.1 Å². The van der Waals surface area contributed by atoms with Crippen LogP contribution < -0.4 is 5.32 Å². The molecule has 4 aliphatic carbocycles. The van der Waals surface area contributed by atoms with Crippen LogP contribution in [0, 0.1) is 46.3 Å². The Morgan fingerprint density at radius 2 is 1.71 bits per heavy atom. The molecule has 0 heterocycles. The topological polar surface area (TPSA) is 147 Å². The highest BCUT2D eigenvalue weighted by atomic mass is 32.2. The largest absolute Gasteiger partial charge is 0.748 e. The molecule has 0 saturated heterocycles. The Bertz CT molecular complexity index is 1050. The van der Waals surface area contributed by atoms with Crippen LogP contribution in [0.3, 0.4) is 0 Å². The minimum atomic E-state index is -4.18. The first-order valence-electron chi connectivity index (χ1n) is 16.5. The minimum absolute atomic E-state index is 0.0368. The van der Waals surface area contributed by atoms with Crippen molar-refractivity contribution < 1.29 is 37.6 Å². The maximum atomic E-state index is 12.7. The van der Waals surface area contributed by atoms with Crippen LogP contribution in [-0.2, 0) is 14.9 Å². The number of nitrogens with one attached hydrogen (secondary N) is 1. The summed E-state index contributed by atoms with van der Waals surface area (Å²) >= 11 is 0. The lowest BCUT2D eigenvalue weighted by Crippen LogP contribution is -2.62. The summed E-state index contributed by atoms with van der Waals surface area (Å²) in [6, 6.07) is 0. The molecule has 4 saturated carbocycles. The van der Waals surface area contributed by atoms with E-state index >= 15 is 0 Å². The number of rotatable bonds is 12. The van der Waals surface area contributed by atoms with E-state index < -0.39 is 16.2 Å². The van der Waals surface area contributed by atoms with Gasteiger partial charge in [0.2, 0.25) is 5.91 Å². The molecular formula is C32H58N2O7S. The molecule has 10 heteroatoms. The zero-order valence-electron chi connectivity index (χ0n) is 26.6. The molecule has 0 aliphatic heterocycles. The summed E-state index contributed by atoms with van der Waals surface area (Å²) in [5.41, 5.74) is -0.191. The number of carbonyl (C=O) groups excluding carboxylic acids is 1. The summed E-state index contributed by atoms with van der Waals surface area (Å²) in [6.07, 6.45) is 7.35. The number of nitrogens with zero attached hydrogens (tertiary/aromatic N) is 1. The van der Waals surface area contributed by atoms with Gasteiger partial charge < -0.3 is 29.7 Å². The zero-order valence-corrected chi connectivity index (χ0v) is 27.4. The monoisotopic (exact) mass is 614 g/mol. The van der Waals surface area contributed by atoms with Gasteiger partial charge in [-0.3, -0.25) is 4.79 Å². The van der Waals surface area contributed by atoms with Gasteiger partial charge in [0.05, 0.1) is 55.6 Å². The summed E-state index contributed by atoms with van der Waals surface area (Å²) in [4.78, 5) is 12.7. The van der Waals surface area contributed by atoms with Gasteiger partial charge in [0.25, 0.3) is 0 Å². The number of carbonyl (C=O) groups is 1. The predicted molar refractivity (Wildman–Crippen MR) is 161 cm³/mol. The lowest BCUT2D eigenvalue weighted by atomic mass is 9.43. The normalized spacial score (nSPS) is 41.0. The lowest BCUT2D eigenvalue weighted by Gasteiger charge is -2.63. The maximum absolute atomic E-state index is 12.7. The van der Waals surface area contributed by atoms with Gasteiger partial charge in [-0.1, -0.05) is 20.8 Å². The highest BCUT2D eigenvalue weighted by Gasteiger charge is 2.65. The van der Waals surface area contributed by atoms with E-state index in [4.69, 9.17) is 0 Å². The molecule has 4 fully saturated rings. The molecule has 0 aromatic carbocycles. The first-order chi connectivity index (χ1) is 19.5. The molecular weight excluding hydrogens is 556 g/mol. The summed E-state index contributed by atoms with van der Waals surface area (Å²) in [6.45, 7) is 8.78. The van der Waals surface area contributed by atoms with Crippen molar-refractivity contribution in [3.8, 4) is 0 Å². The second kappa shape index (κ2) is 12.9. The van der Waals surface area contributed by atoms with Gasteiger partial charge in [-0.05, 0) is 97.7 Å². The molecule has 244 valence electrons. The molecule has 1 amide bonds. The summed E-state index contributed by atoms with van der Waals surface area (Å²) in [7, 11) is -0.177. The van der Waals surface area contributed by atoms with E-state index in [0.29, 0.717) is 48.2 Å². The molecule has 2 unspecified atom stereocenters. The van der Waals surface area contributed by atoms with Gasteiger partial charge in [0, 0.05) is 31.6 Å². The van der Waals surface area contributed by atoms with Crippen LogP contribution in [0.2, 0.25) is 0 Å². The Labute approximate surface area is 254 Å². The summed E-state index contributed by atoms with van der Waals surface area (Å²) < 4.78 is 33.1. The fraction of sp³-hybridized carbons (Fsp3) is 0.969. The second-order valence-corrected chi connectivity index (χ2v) is 17.3. The van der Waals surface area contributed by atoms with Crippen LogP contribution in [-0.4, -0.2) is 96.5 Å². The Hall–Kier alpha value is -0.780. The predicted octanol–water partition coefficient (Wildman–Crippen LogP) is 2.88. The van der Waals surface area contributed by atoms with E-state index in [9.17, 15) is 33.1 Å². The van der Waals surface area contributed by atoms with Crippen LogP contribution in [0.5, 0.6) is 0 Å². The molecule has 4 aliphatic rings. The average Bonchev–Trinajstić information content (AvgIpc) is 3.24. The number of aliphatic hydroxyl groups excluding tert-OH is 3. The van der Waals surface area contributed by atoms with E-state index in [1.165, 1.54) is 0 Å². The number of aliphatic hydroxyl groups is 3. The van der Waals surface area contributed by atoms with Crippen molar-refractivity contribution in [3.05, 3.63) is 0 Å². The van der Waals surface area contributed by atoms with Crippen molar-refractivity contribution in [2.75, 3.05) is 39.5 Å². The standard InChI is InChI=1S/C32H58N2O7S/c1-21(8-11-29(38)33-14-6-15-34(4,5)16-7-17-42(39,40)41)24-9-10-25-30-26(20-28(37)32(24,25)3)31(2)13-12-23(35)18-22(31)19-27(30)36/h21-28,30,35-37H,6-20H2,1-5H3,(H-,33,38,39,40,41)/t21-,22?,23-,24?,25+,26+,27-,28+,30+,31+,32-/m1/s1. The van der Waals surface area contributed by atoms with Gasteiger partial charge in [-0.2, -0.15) is 0 Å². The number of quaternary nitrogens is 1. The van der Waals surface area contributed by atoms with Crippen molar-refractivity contribution in [2.45, 2.75) is 110 Å². The van der Waals surface area contributed by atoms with Gasteiger partial charge >= 0.3 is 0 Å². The highest BCUT2D eigenvalue weighted by molar-refractivity contribution is 7.85. The number of hydrogen-bond acceptors (Lipinski definition) is 7. The first kappa shape index (κ1) is 34.1. The fourth-order valence-electron chi connectivity index (χ4n) is 10.3. The summed E-state index contributed by atoms with van der Waals surface area (Å²) in [5.74, 6) is 1.38. The van der Waals surface area contributed by atoms with Gasteiger partial charge in [0.15, 0.2) is 0 Å². The van der Waals surface area contributed by atoms with Gasteiger partial charge in [-0.25, -0.2) is 8.42 Å². The van der Waals surface area contributed by atoms with Crippen LogP contribution in [0.15, 0.2) is 0 Å². The molecule has 4 rings (SSSR count). The fourth-order valence-corrected chi connectivity index (χ4v) is 10.8. The van der Waals surface area contributed by atoms with Crippen molar-refractivity contribution in [1.82, 2.24) is 5.32 Å². The lowest BCUT2D eigenvalue weighted by molar-refractivity contribution is -0.890. The number of fused-ring (bicyclic) bond motifs is 5. The van der Waals surface area contributed by atoms with Crippen molar-refractivity contribution >= 4 is 16.0 Å². The van der Waals surface area contributed by atoms with Crippen molar-refractivity contribution in [1.29, 1.82) is 0 Å². The molecule has 11 atom stereocenters. The van der Waals surface area contributed by atoms with Gasteiger partial charge in [0.1, 0.15) is 0 Å². The highest BCUT2D eigenvalue weighted by Crippen LogP contribution is 2.68. The second-order valence-electron chi connectivity index (χ2n) is 15.7. The van der Waals surface area contributed by atoms with Crippen molar-refractivity contribution in [3.63, 3.8) is 0 Å². The zero-order chi connectivity index (χ0) is 31.1. The molecule has 4 N–H and O–H groups in total. The Morgan fingerprint density at radius 1 is 1.02 bits per heavy atom. The van der Waals surface area contributed by atoms with Crippen LogP contribution in [0.25, 0.3) is 0 Å². The molecule has 0 spiro atoms. The molecule has 42 heavy (non-hydrogen) atoms. The Morgan fingerprint density at radius 3 is 2.40 bits per heavy atom. The quantitative estimate of drug-likeness (QED) is 0.150. The molecule has 0 bridgehead atoms. The molecule has 9 nitrogen and oxygen atoms in total. The Balaban J connectivity index is 1.27. The molecule has 0 radical (unpaired) electrons. The van der Waals surface area contributed by atoms with E-state index in [1.54, 1.807) is 0 Å². The van der Waals surface area contributed by atoms with Gasteiger partial charge in [-0.15, -0.1) is 0 Å². The van der Waals surface area contributed by atoms with Crippen molar-refractivity contribution in [2.24, 2.45) is 46.3 Å². The van der Waals surface area contributed by atoms with Crippen LogP contribution in [0.1, 0.15) is 91.4 Å². The SMILES string of the molecule is C[C@H](CCC(=O)NCCC[N+](C)(C)CCCS(=O)(=O)[O-])C1CC[C@H]2[C@@H]3[C@H](O)CC4C[C@H](O)CC[C@]4(C)[C@H]3C[C@H](O)[C@]12C. The van der Waals surface area contributed by atoms with E-state index in [1.807, 2.05) is 14.1 Å². The maximum Gasteiger partial charge on any atom is 0.220 e. The first-order valence-corrected chi connectivity index (χ1v) is 18.1. The molecule has 0 aromatic heterocycles. The summed E-state index contributed by atoms with van der Waals surface area (Å²) in [5, 5.41) is 36.6. The van der Waals surface area contributed by atoms with E-state index in [-0.39, 0.29) is 52.5 Å². The van der Waals surface area contributed by atoms with E-state index in [0.717, 1.165) is 64.3 Å². The third kappa shape index (κ3) is 7.20. The number of amides is 1. The Kier molecular flexibility index (Phi) is 10.5. The average molecular weight is 615 g/mol. The van der Waals surface area contributed by atoms with Crippen LogP contribution >= 0.6 is 0 Å². The smallest absolute Gasteiger partial charge is 0.220 e. The minimum Gasteiger partial charge on any atom is -0.748 e. The number of hydrogen-bond donors (Lipinski definition) is 4. The third-order valence-electron chi connectivity index (χ3n) is 12.8. The molecule has 0 aromatic rings.